The van der Waals surface area contributed by atoms with Gasteiger partial charge in [0.2, 0.25) is 0 Å². The number of hydrogen-bond donors (Lipinski definition) is 0. The van der Waals surface area contributed by atoms with E-state index in [4.69, 9.17) is 4.74 Å². The van der Waals surface area contributed by atoms with Gasteiger partial charge in [0.15, 0.2) is 0 Å². The van der Waals surface area contributed by atoms with Crippen LogP contribution >= 0.6 is 0 Å². The predicted molar refractivity (Wildman–Crippen MR) is 83.4 cm³/mol. The number of piperidine rings is 1. The Morgan fingerprint density at radius 3 is 2.70 bits per heavy atom. The molecule has 1 aromatic carbocycles. The lowest BCUT2D eigenvalue weighted by molar-refractivity contribution is 0.118. The van der Waals surface area contributed by atoms with Crippen molar-refractivity contribution in [3.63, 3.8) is 0 Å². The minimum absolute atomic E-state index is 0.695. The van der Waals surface area contributed by atoms with Crippen LogP contribution in [0.25, 0.3) is 0 Å². The van der Waals surface area contributed by atoms with Crippen LogP contribution in [0.4, 0.5) is 0 Å². The minimum atomic E-state index is 0.695. The molecule has 1 atom stereocenters. The standard InChI is InChI=1S/C18H27NO/c1-20-18-11-5-7-15(13-18)16-8-6-12-19(14-16)17-9-3-2-4-10-17/h5,7,11,13,16-17H,2-4,6,8-10,12,14H2,1H3/t16-/m0/s1. The van der Waals surface area contributed by atoms with Gasteiger partial charge in [-0.1, -0.05) is 31.4 Å². The average Bonchev–Trinajstić information content (AvgIpc) is 2.56. The highest BCUT2D eigenvalue weighted by atomic mass is 16.5. The van der Waals surface area contributed by atoms with E-state index in [2.05, 4.69) is 23.1 Å². The first-order valence-corrected chi connectivity index (χ1v) is 8.25. The number of ether oxygens (including phenoxy) is 1. The van der Waals surface area contributed by atoms with Gasteiger partial charge in [-0.25, -0.2) is 0 Å². The monoisotopic (exact) mass is 273 g/mol. The molecule has 20 heavy (non-hydrogen) atoms. The highest BCUT2D eigenvalue weighted by Crippen LogP contribution is 2.32. The fraction of sp³-hybridized carbons (Fsp3) is 0.667. The molecule has 2 fully saturated rings. The topological polar surface area (TPSA) is 12.5 Å². The Balaban J connectivity index is 1.67. The Bertz CT molecular complexity index is 425. The quantitative estimate of drug-likeness (QED) is 0.818. The van der Waals surface area contributed by atoms with Gasteiger partial charge in [-0.05, 0) is 55.8 Å². The van der Waals surface area contributed by atoms with Gasteiger partial charge < -0.3 is 4.74 Å². The third-order valence-corrected chi connectivity index (χ3v) is 5.11. The third-order valence-electron chi connectivity index (χ3n) is 5.11. The summed E-state index contributed by atoms with van der Waals surface area (Å²) in [5.41, 5.74) is 1.46. The molecule has 0 aromatic heterocycles. The second-order valence-electron chi connectivity index (χ2n) is 6.40. The SMILES string of the molecule is COc1cccc([C@H]2CCCN(C3CCCCC3)C2)c1. The summed E-state index contributed by atoms with van der Waals surface area (Å²) < 4.78 is 5.38. The Labute approximate surface area is 123 Å². The van der Waals surface area contributed by atoms with Crippen molar-refractivity contribution in [1.82, 2.24) is 4.90 Å². The first-order valence-electron chi connectivity index (χ1n) is 8.25. The number of nitrogens with zero attached hydrogens (tertiary/aromatic N) is 1. The summed E-state index contributed by atoms with van der Waals surface area (Å²) in [4.78, 5) is 2.77. The largest absolute Gasteiger partial charge is 0.497 e. The van der Waals surface area contributed by atoms with Crippen LogP contribution in [-0.2, 0) is 0 Å². The molecule has 0 radical (unpaired) electrons. The van der Waals surface area contributed by atoms with E-state index in [-0.39, 0.29) is 0 Å². The average molecular weight is 273 g/mol. The Morgan fingerprint density at radius 2 is 1.90 bits per heavy atom. The minimum Gasteiger partial charge on any atom is -0.497 e. The molecule has 0 bridgehead atoms. The molecule has 1 heterocycles. The second kappa shape index (κ2) is 6.62. The molecule has 2 nitrogen and oxygen atoms in total. The summed E-state index contributed by atoms with van der Waals surface area (Å²) in [6.45, 7) is 2.56. The molecule has 2 aliphatic rings. The molecule has 2 heteroatoms. The van der Waals surface area contributed by atoms with Crippen molar-refractivity contribution in [2.75, 3.05) is 20.2 Å². The second-order valence-corrected chi connectivity index (χ2v) is 6.40. The van der Waals surface area contributed by atoms with Crippen LogP contribution < -0.4 is 4.74 Å². The van der Waals surface area contributed by atoms with Crippen LogP contribution in [0.1, 0.15) is 56.4 Å². The summed E-state index contributed by atoms with van der Waals surface area (Å²) in [6.07, 6.45) is 9.84. The molecule has 1 aliphatic heterocycles. The molecule has 0 N–H and O–H groups in total. The fourth-order valence-corrected chi connectivity index (χ4v) is 3.95. The summed E-state index contributed by atoms with van der Waals surface area (Å²) in [7, 11) is 1.76. The lowest BCUT2D eigenvalue weighted by atomic mass is 9.87. The number of rotatable bonds is 3. The zero-order valence-electron chi connectivity index (χ0n) is 12.7. The third kappa shape index (κ3) is 3.17. The van der Waals surface area contributed by atoms with E-state index in [1.807, 2.05) is 6.07 Å². The molecule has 0 amide bonds. The zero-order valence-corrected chi connectivity index (χ0v) is 12.7. The van der Waals surface area contributed by atoms with Crippen LogP contribution in [-0.4, -0.2) is 31.1 Å². The van der Waals surface area contributed by atoms with Crippen LogP contribution in [0.15, 0.2) is 24.3 Å². The van der Waals surface area contributed by atoms with Crippen molar-refractivity contribution in [3.8, 4) is 5.75 Å². The first-order chi connectivity index (χ1) is 9.86. The van der Waals surface area contributed by atoms with Gasteiger partial charge in [0, 0.05) is 12.6 Å². The van der Waals surface area contributed by atoms with Crippen LogP contribution in [0.5, 0.6) is 5.75 Å². The van der Waals surface area contributed by atoms with Crippen molar-refractivity contribution in [3.05, 3.63) is 29.8 Å². The lowest BCUT2D eigenvalue weighted by Crippen LogP contribution is -2.42. The first kappa shape index (κ1) is 13.9. The molecule has 0 spiro atoms. The van der Waals surface area contributed by atoms with Crippen LogP contribution in [0.2, 0.25) is 0 Å². The normalized spacial score (nSPS) is 25.6. The smallest absolute Gasteiger partial charge is 0.119 e. The van der Waals surface area contributed by atoms with Gasteiger partial charge in [0.05, 0.1) is 7.11 Å². The van der Waals surface area contributed by atoms with E-state index in [0.717, 1.165) is 11.8 Å². The van der Waals surface area contributed by atoms with Gasteiger partial charge in [0.1, 0.15) is 5.75 Å². The number of likely N-dealkylation sites (tertiary alicyclic amines) is 1. The molecule has 1 aliphatic carbocycles. The maximum absolute atomic E-state index is 5.38. The zero-order chi connectivity index (χ0) is 13.8. The maximum atomic E-state index is 5.38. The van der Waals surface area contributed by atoms with E-state index >= 15 is 0 Å². The summed E-state index contributed by atoms with van der Waals surface area (Å²) >= 11 is 0. The number of benzene rings is 1. The fourth-order valence-electron chi connectivity index (χ4n) is 3.95. The summed E-state index contributed by atoms with van der Waals surface area (Å²) in [6, 6.07) is 9.54. The van der Waals surface area contributed by atoms with Crippen LogP contribution in [0.3, 0.4) is 0 Å². The van der Waals surface area contributed by atoms with Gasteiger partial charge in [-0.2, -0.15) is 0 Å². The van der Waals surface area contributed by atoms with E-state index in [1.165, 1.54) is 63.6 Å². The molecule has 110 valence electrons. The maximum Gasteiger partial charge on any atom is 0.119 e. The van der Waals surface area contributed by atoms with E-state index in [9.17, 15) is 0 Å². The van der Waals surface area contributed by atoms with Crippen molar-refractivity contribution >= 4 is 0 Å². The van der Waals surface area contributed by atoms with Crippen molar-refractivity contribution in [1.29, 1.82) is 0 Å². The lowest BCUT2D eigenvalue weighted by Gasteiger charge is -2.40. The van der Waals surface area contributed by atoms with Gasteiger partial charge in [-0.15, -0.1) is 0 Å². The summed E-state index contributed by atoms with van der Waals surface area (Å²) in [5, 5.41) is 0. The summed E-state index contributed by atoms with van der Waals surface area (Å²) in [5.74, 6) is 1.69. The van der Waals surface area contributed by atoms with E-state index < -0.39 is 0 Å². The number of hydrogen-bond acceptors (Lipinski definition) is 2. The van der Waals surface area contributed by atoms with E-state index in [1.54, 1.807) is 7.11 Å². The Hall–Kier alpha value is -1.02. The molecule has 1 saturated carbocycles. The van der Waals surface area contributed by atoms with Crippen molar-refractivity contribution in [2.45, 2.75) is 56.9 Å². The molecule has 0 unspecified atom stereocenters. The van der Waals surface area contributed by atoms with E-state index in [0.29, 0.717) is 5.92 Å². The van der Waals surface area contributed by atoms with Crippen molar-refractivity contribution < 1.29 is 4.74 Å². The predicted octanol–water partition coefficient (Wildman–Crippen LogP) is 4.21. The van der Waals surface area contributed by atoms with Crippen molar-refractivity contribution in [2.24, 2.45) is 0 Å². The van der Waals surface area contributed by atoms with Gasteiger partial charge in [-0.3, -0.25) is 4.90 Å². The molecule has 3 rings (SSSR count). The molecule has 1 saturated heterocycles. The highest BCUT2D eigenvalue weighted by molar-refractivity contribution is 5.31. The van der Waals surface area contributed by atoms with Gasteiger partial charge >= 0.3 is 0 Å². The Morgan fingerprint density at radius 1 is 1.05 bits per heavy atom. The molecular formula is C18H27NO. The van der Waals surface area contributed by atoms with Crippen LogP contribution in [0, 0.1) is 0 Å². The molecular weight excluding hydrogens is 246 g/mol. The number of methoxy groups -OCH3 is 1. The Kier molecular flexibility index (Phi) is 4.62. The highest BCUT2D eigenvalue weighted by Gasteiger charge is 2.27. The van der Waals surface area contributed by atoms with Gasteiger partial charge in [0.25, 0.3) is 0 Å². The molecule has 1 aromatic rings.